The summed E-state index contributed by atoms with van der Waals surface area (Å²) in [5.41, 5.74) is 6.04. The Morgan fingerprint density at radius 3 is 1.43 bits per heavy atom. The van der Waals surface area contributed by atoms with Crippen LogP contribution in [0.3, 0.4) is 0 Å². The number of hydrogen-bond acceptors (Lipinski definition) is 9. The van der Waals surface area contributed by atoms with E-state index in [4.69, 9.17) is 10.5 Å². The van der Waals surface area contributed by atoms with Gasteiger partial charge in [-0.1, -0.05) is 109 Å². The van der Waals surface area contributed by atoms with Crippen LogP contribution in [0.25, 0.3) is 0 Å². The predicted octanol–water partition coefficient (Wildman–Crippen LogP) is 2.98. The van der Waals surface area contributed by atoms with Gasteiger partial charge in [0.2, 0.25) is 41.7 Å². The number of hydrogen-bond donors (Lipinski definition) is 6. The molecule has 5 atom stereocenters. The first-order valence-electron chi connectivity index (χ1n) is 20.4. The third-order valence-electron chi connectivity index (χ3n) is 9.25. The average Bonchev–Trinajstić information content (AvgIpc) is 3.13. The molecule has 0 aromatic heterocycles. The molecular weight excluding hydrogens is 769 g/mol. The van der Waals surface area contributed by atoms with E-state index in [-0.39, 0.29) is 12.3 Å². The smallest absolute Gasteiger partial charge is 0.308 e. The molecule has 15 nitrogen and oxygen atoms in total. The van der Waals surface area contributed by atoms with E-state index < -0.39 is 107 Å². The number of amides is 6. The molecule has 329 valence electrons. The van der Waals surface area contributed by atoms with Gasteiger partial charge in [-0.25, -0.2) is 0 Å². The van der Waals surface area contributed by atoms with Gasteiger partial charge in [-0.2, -0.15) is 0 Å². The van der Waals surface area contributed by atoms with Gasteiger partial charge >= 0.3 is 5.97 Å². The number of rotatable bonds is 22. The number of esters is 1. The molecule has 15 heteroatoms. The van der Waals surface area contributed by atoms with Crippen LogP contribution in [0, 0.1) is 23.2 Å². The number of nitrogens with one attached hydrogen (secondary N) is 5. The summed E-state index contributed by atoms with van der Waals surface area (Å²) in [6, 6.07) is 12.4. The minimum atomic E-state index is -1.65. The predicted molar refractivity (Wildman–Crippen MR) is 227 cm³/mol. The van der Waals surface area contributed by atoms with Gasteiger partial charge in [0.05, 0.1) is 18.9 Å². The summed E-state index contributed by atoms with van der Waals surface area (Å²) in [5, 5.41) is 13.0. The molecule has 0 aliphatic heterocycles. The molecule has 0 spiro atoms. The van der Waals surface area contributed by atoms with Gasteiger partial charge in [0.1, 0.15) is 29.8 Å². The molecule has 2 aromatic carbocycles. The molecule has 0 aliphatic carbocycles. The highest BCUT2D eigenvalue weighted by Gasteiger charge is 2.36. The van der Waals surface area contributed by atoms with Crippen molar-refractivity contribution in [3.05, 3.63) is 71.8 Å². The maximum absolute atomic E-state index is 13.9. The lowest BCUT2D eigenvalue weighted by atomic mass is 9.88. The summed E-state index contributed by atoms with van der Waals surface area (Å²) in [7, 11) is 0. The Morgan fingerprint density at radius 1 is 0.600 bits per heavy atom. The fraction of sp³-hybridized carbons (Fsp3) is 0.556. The molecule has 0 bridgehead atoms. The van der Waals surface area contributed by atoms with Crippen LogP contribution in [0.15, 0.2) is 60.7 Å². The lowest BCUT2D eigenvalue weighted by molar-refractivity contribution is -0.156. The van der Waals surface area contributed by atoms with Crippen molar-refractivity contribution in [2.24, 2.45) is 28.9 Å². The van der Waals surface area contributed by atoms with Crippen molar-refractivity contribution in [2.45, 2.75) is 137 Å². The Hall–Kier alpha value is -5.60. The van der Waals surface area contributed by atoms with E-state index in [9.17, 15) is 38.4 Å². The molecule has 7 N–H and O–H groups in total. The Labute approximate surface area is 354 Å². The van der Waals surface area contributed by atoms with Crippen molar-refractivity contribution in [3.8, 4) is 0 Å². The number of carbonyl (C=O) groups excluding carboxylic acids is 8. The Bertz CT molecular complexity index is 1730. The van der Waals surface area contributed by atoms with E-state index in [1.54, 1.807) is 54.8 Å². The molecule has 0 saturated heterocycles. The summed E-state index contributed by atoms with van der Waals surface area (Å²) < 4.78 is 5.36. The quantitative estimate of drug-likeness (QED) is 0.0957. The number of nitrogens with two attached hydrogens (primary N) is 1. The highest BCUT2D eigenvalue weighted by molar-refractivity contribution is 5.98. The maximum atomic E-state index is 13.9. The summed E-state index contributed by atoms with van der Waals surface area (Å²) in [6.07, 6.45) is 1.44. The van der Waals surface area contributed by atoms with Gasteiger partial charge in [-0.05, 0) is 68.4 Å². The van der Waals surface area contributed by atoms with Crippen molar-refractivity contribution in [1.29, 1.82) is 0 Å². The molecule has 0 heterocycles. The normalized spacial score (nSPS) is 14.2. The molecule has 2 aromatic rings. The lowest BCUT2D eigenvalue weighted by Crippen LogP contribution is -2.61. The first-order chi connectivity index (χ1) is 27.9. The largest absolute Gasteiger partial charge is 0.460 e. The second-order valence-corrected chi connectivity index (χ2v) is 18.1. The Morgan fingerprint density at radius 2 is 1.02 bits per heavy atom. The van der Waals surface area contributed by atoms with E-state index in [0.717, 1.165) is 11.1 Å². The van der Waals surface area contributed by atoms with Crippen LogP contribution >= 0.6 is 0 Å². The maximum Gasteiger partial charge on any atom is 0.308 e. The summed E-state index contributed by atoms with van der Waals surface area (Å²) in [4.78, 5) is 106. The molecule has 6 amide bonds. The highest BCUT2D eigenvalue weighted by atomic mass is 16.6. The lowest BCUT2D eigenvalue weighted by Gasteiger charge is -2.30. The standard InChI is InChI=1S/C45H65N6O9/c1-27(2)37(51-43(59)38(28(3)4)50-39(55)31(21-29-17-13-11-14-18-29)22-30-19-15-12-16-20-30)42(58)49-33(23-35(46)53)41(57)48-34(24-36(54)60-45(8,9)10)40(56)47-32(26-52)25-44(5,6)7/h11-20,27-28,31-34,37-38H,21-25H2,1-10H3,(H2,46,53)(H,47,56)(H,48,57)(H,49,58)(H,50,55)(H,51,59)/t32-,33-,34-,37-,38-/m0/s1. The first-order valence-corrected chi connectivity index (χ1v) is 20.4. The van der Waals surface area contributed by atoms with Crippen molar-refractivity contribution in [1.82, 2.24) is 26.6 Å². The van der Waals surface area contributed by atoms with E-state index >= 15 is 0 Å². The van der Waals surface area contributed by atoms with Gasteiger partial charge in [0.25, 0.3) is 0 Å². The Kier molecular flexibility index (Phi) is 19.6. The molecule has 0 fully saturated rings. The third kappa shape index (κ3) is 18.5. The van der Waals surface area contributed by atoms with Crippen LogP contribution in [-0.2, 0) is 55.9 Å². The summed E-state index contributed by atoms with van der Waals surface area (Å²) >= 11 is 0. The zero-order valence-electron chi connectivity index (χ0n) is 36.7. The molecule has 0 saturated carbocycles. The number of carbonyl (C=O) groups is 7. The topological polar surface area (TPSA) is 232 Å². The molecule has 2 rings (SSSR count). The average molecular weight is 834 g/mol. The van der Waals surface area contributed by atoms with E-state index in [1.165, 1.54) is 0 Å². The molecule has 0 unspecified atom stereocenters. The number of ether oxygens (including phenoxy) is 1. The minimum Gasteiger partial charge on any atom is -0.460 e. The van der Waals surface area contributed by atoms with Crippen molar-refractivity contribution < 1.29 is 43.1 Å². The minimum absolute atomic E-state index is 0.196. The van der Waals surface area contributed by atoms with E-state index in [1.807, 2.05) is 81.4 Å². The molecule has 1 radical (unpaired) electrons. The second-order valence-electron chi connectivity index (χ2n) is 18.1. The van der Waals surface area contributed by atoms with Crippen LogP contribution in [0.5, 0.6) is 0 Å². The summed E-state index contributed by atoms with van der Waals surface area (Å²) in [6.45, 7) is 17.2. The van der Waals surface area contributed by atoms with Crippen molar-refractivity contribution >= 4 is 47.7 Å². The second kappa shape index (κ2) is 23.3. The monoisotopic (exact) mass is 833 g/mol. The fourth-order valence-corrected chi connectivity index (χ4v) is 6.35. The van der Waals surface area contributed by atoms with Gasteiger partial charge in [-0.3, -0.25) is 38.4 Å². The molecular formula is C45H65N6O9. The third-order valence-corrected chi connectivity index (χ3v) is 9.25. The van der Waals surface area contributed by atoms with Crippen LogP contribution in [0.2, 0.25) is 0 Å². The molecule has 60 heavy (non-hydrogen) atoms. The van der Waals surface area contributed by atoms with Crippen molar-refractivity contribution in [2.75, 3.05) is 0 Å². The van der Waals surface area contributed by atoms with Crippen molar-refractivity contribution in [3.63, 3.8) is 0 Å². The van der Waals surface area contributed by atoms with Crippen LogP contribution in [0.4, 0.5) is 0 Å². The fourth-order valence-electron chi connectivity index (χ4n) is 6.35. The van der Waals surface area contributed by atoms with Crippen LogP contribution in [0.1, 0.15) is 99.6 Å². The van der Waals surface area contributed by atoms with Gasteiger partial charge in [0.15, 0.2) is 0 Å². The summed E-state index contributed by atoms with van der Waals surface area (Å²) in [5.74, 6) is -7.09. The zero-order valence-corrected chi connectivity index (χ0v) is 36.7. The zero-order chi connectivity index (χ0) is 45.4. The molecule has 0 aliphatic rings. The Balaban J connectivity index is 2.33. The van der Waals surface area contributed by atoms with E-state index in [0.29, 0.717) is 12.8 Å². The van der Waals surface area contributed by atoms with Crippen LogP contribution < -0.4 is 32.3 Å². The van der Waals surface area contributed by atoms with Gasteiger partial charge < -0.3 is 37.1 Å². The van der Waals surface area contributed by atoms with Crippen LogP contribution in [-0.4, -0.2) is 83.5 Å². The van der Waals surface area contributed by atoms with Gasteiger partial charge in [0, 0.05) is 5.92 Å². The SMILES string of the molecule is CC(C)[C@H](NC(=O)C(Cc1ccccc1)Cc1ccccc1)C(=O)N[C@H](C(=O)N[C@@H](CC(N)=O)C(=O)N[C@@H](CC(=O)OC(C)(C)C)C(=O)N[C@H]([C]=O)CC(C)(C)C)C(C)C. The highest BCUT2D eigenvalue weighted by Crippen LogP contribution is 2.21. The number of benzene rings is 2. The number of primary amides is 1. The first kappa shape index (κ1) is 50.5. The van der Waals surface area contributed by atoms with E-state index in [2.05, 4.69) is 26.6 Å². The van der Waals surface area contributed by atoms with Gasteiger partial charge in [-0.15, -0.1) is 0 Å².